The Kier molecular flexibility index (Phi) is 5.06. The van der Waals surface area contributed by atoms with Crippen molar-refractivity contribution in [3.8, 4) is 0 Å². The number of aryl methyl sites for hydroxylation is 1. The molecule has 0 bridgehead atoms. The zero-order valence-corrected chi connectivity index (χ0v) is 16.0. The molecular formula is C19H26N2OS2. The van der Waals surface area contributed by atoms with Crippen LogP contribution in [-0.4, -0.2) is 49.2 Å². The first-order valence-electron chi connectivity index (χ1n) is 8.81. The van der Waals surface area contributed by atoms with Crippen LogP contribution in [0.25, 0.3) is 0 Å². The summed E-state index contributed by atoms with van der Waals surface area (Å²) in [5.41, 5.74) is 0.320. The fourth-order valence-electron chi connectivity index (χ4n) is 4.04. The lowest BCUT2D eigenvalue weighted by Gasteiger charge is -2.31. The van der Waals surface area contributed by atoms with Crippen molar-refractivity contribution >= 4 is 22.7 Å². The molecule has 3 nitrogen and oxygen atoms in total. The van der Waals surface area contributed by atoms with E-state index in [2.05, 4.69) is 46.4 Å². The Hall–Kier alpha value is -0.720. The maximum Gasteiger partial charge on any atom is 0.0593 e. The lowest BCUT2D eigenvalue weighted by molar-refractivity contribution is 0.0707. The van der Waals surface area contributed by atoms with E-state index in [9.17, 15) is 0 Å². The largest absolute Gasteiger partial charge is 0.379 e. The summed E-state index contributed by atoms with van der Waals surface area (Å²) in [6.45, 7) is 10.8. The summed E-state index contributed by atoms with van der Waals surface area (Å²) in [7, 11) is 0. The van der Waals surface area contributed by atoms with Gasteiger partial charge in [-0.1, -0.05) is 6.07 Å². The molecule has 0 N–H and O–H groups in total. The molecule has 4 rings (SSSR count). The number of hydrogen-bond donors (Lipinski definition) is 0. The molecule has 2 fully saturated rings. The van der Waals surface area contributed by atoms with Crippen molar-refractivity contribution in [1.82, 2.24) is 9.80 Å². The van der Waals surface area contributed by atoms with Gasteiger partial charge < -0.3 is 4.74 Å². The van der Waals surface area contributed by atoms with E-state index in [1.54, 1.807) is 0 Å². The Morgan fingerprint density at radius 3 is 2.67 bits per heavy atom. The molecule has 2 saturated heterocycles. The average molecular weight is 363 g/mol. The van der Waals surface area contributed by atoms with Crippen molar-refractivity contribution in [2.75, 3.05) is 39.4 Å². The molecular weight excluding hydrogens is 336 g/mol. The molecule has 24 heavy (non-hydrogen) atoms. The molecule has 4 heterocycles. The molecule has 5 heteroatoms. The minimum absolute atomic E-state index is 0.320. The van der Waals surface area contributed by atoms with Crippen molar-refractivity contribution in [2.45, 2.75) is 26.4 Å². The second-order valence-corrected chi connectivity index (χ2v) is 9.72. The predicted octanol–water partition coefficient (Wildman–Crippen LogP) is 3.84. The molecule has 0 aliphatic carbocycles. The van der Waals surface area contributed by atoms with Gasteiger partial charge in [-0.2, -0.15) is 0 Å². The zero-order valence-electron chi connectivity index (χ0n) is 14.4. The summed E-state index contributed by atoms with van der Waals surface area (Å²) in [5.74, 6) is 0. The summed E-state index contributed by atoms with van der Waals surface area (Å²) in [6, 6.07) is 8.94. The fraction of sp³-hybridized carbons (Fsp3) is 0.579. The highest BCUT2D eigenvalue weighted by atomic mass is 32.1. The molecule has 0 saturated carbocycles. The van der Waals surface area contributed by atoms with Crippen LogP contribution in [0.2, 0.25) is 0 Å². The van der Waals surface area contributed by atoms with Crippen molar-refractivity contribution in [1.29, 1.82) is 0 Å². The van der Waals surface area contributed by atoms with E-state index >= 15 is 0 Å². The smallest absolute Gasteiger partial charge is 0.0593 e. The van der Waals surface area contributed by atoms with Gasteiger partial charge in [-0.3, -0.25) is 9.80 Å². The third kappa shape index (κ3) is 3.92. The summed E-state index contributed by atoms with van der Waals surface area (Å²) in [4.78, 5) is 9.61. The second-order valence-electron chi connectivity index (χ2n) is 7.32. The molecule has 130 valence electrons. The van der Waals surface area contributed by atoms with Gasteiger partial charge in [0.05, 0.1) is 13.2 Å². The number of likely N-dealkylation sites (tertiary alicyclic amines) is 1. The lowest BCUT2D eigenvalue weighted by atomic mass is 9.87. The predicted molar refractivity (Wildman–Crippen MR) is 102 cm³/mol. The highest BCUT2D eigenvalue weighted by Gasteiger charge is 2.41. The van der Waals surface area contributed by atoms with Gasteiger partial charge in [0, 0.05) is 52.8 Å². The van der Waals surface area contributed by atoms with Crippen LogP contribution < -0.4 is 0 Å². The highest BCUT2D eigenvalue weighted by Crippen LogP contribution is 2.35. The molecule has 0 radical (unpaired) electrons. The van der Waals surface area contributed by atoms with Crippen LogP contribution in [-0.2, 0) is 17.8 Å². The Morgan fingerprint density at radius 2 is 1.92 bits per heavy atom. The Morgan fingerprint density at radius 1 is 1.08 bits per heavy atom. The Bertz CT molecular complexity index is 654. The number of ether oxygens (including phenoxy) is 1. The van der Waals surface area contributed by atoms with E-state index in [0.717, 1.165) is 32.8 Å². The van der Waals surface area contributed by atoms with Crippen LogP contribution in [0.4, 0.5) is 0 Å². The van der Waals surface area contributed by atoms with Gasteiger partial charge in [-0.25, -0.2) is 0 Å². The molecule has 1 unspecified atom stereocenters. The van der Waals surface area contributed by atoms with Gasteiger partial charge in [0.15, 0.2) is 0 Å². The summed E-state index contributed by atoms with van der Waals surface area (Å²) < 4.78 is 6.03. The number of rotatable bonds is 4. The van der Waals surface area contributed by atoms with E-state index in [1.807, 2.05) is 22.7 Å². The highest BCUT2D eigenvalue weighted by molar-refractivity contribution is 7.11. The SMILES string of the molecule is Cc1ccc(CN2CCOCC3(CCN(Cc4cccs4)C3)C2)s1. The van der Waals surface area contributed by atoms with E-state index in [1.165, 1.54) is 40.7 Å². The van der Waals surface area contributed by atoms with Crippen molar-refractivity contribution in [2.24, 2.45) is 5.41 Å². The molecule has 2 aliphatic heterocycles. The number of nitrogens with zero attached hydrogens (tertiary/aromatic N) is 2. The normalized spacial score (nSPS) is 26.2. The Balaban J connectivity index is 1.40. The maximum atomic E-state index is 6.03. The van der Waals surface area contributed by atoms with Gasteiger partial charge in [-0.15, -0.1) is 22.7 Å². The summed E-state index contributed by atoms with van der Waals surface area (Å²) in [5, 5.41) is 2.18. The quantitative estimate of drug-likeness (QED) is 0.822. The van der Waals surface area contributed by atoms with Crippen molar-refractivity contribution in [3.05, 3.63) is 44.3 Å². The minimum Gasteiger partial charge on any atom is -0.379 e. The van der Waals surface area contributed by atoms with E-state index in [-0.39, 0.29) is 0 Å². The van der Waals surface area contributed by atoms with E-state index in [4.69, 9.17) is 4.74 Å². The maximum absolute atomic E-state index is 6.03. The minimum atomic E-state index is 0.320. The third-order valence-electron chi connectivity index (χ3n) is 5.17. The first-order valence-corrected chi connectivity index (χ1v) is 10.5. The molecule has 1 atom stereocenters. The molecule has 0 aromatic carbocycles. The van der Waals surface area contributed by atoms with Crippen molar-refractivity contribution < 1.29 is 4.74 Å². The second kappa shape index (κ2) is 7.26. The topological polar surface area (TPSA) is 15.7 Å². The standard InChI is InChI=1S/C19H26N2OS2/c1-16-4-5-18(24-16)12-21-8-9-22-15-19(14-21)6-7-20(13-19)11-17-3-2-10-23-17/h2-5,10H,6-9,11-15H2,1H3. The van der Waals surface area contributed by atoms with Crippen LogP contribution in [0.15, 0.2) is 29.6 Å². The Labute approximate surface area is 152 Å². The lowest BCUT2D eigenvalue weighted by Crippen LogP contribution is -2.40. The molecule has 2 aromatic rings. The number of hydrogen-bond acceptors (Lipinski definition) is 5. The first-order chi connectivity index (χ1) is 11.7. The van der Waals surface area contributed by atoms with E-state index < -0.39 is 0 Å². The molecule has 1 spiro atoms. The molecule has 0 amide bonds. The zero-order chi connectivity index (χ0) is 16.4. The number of thiophene rings is 2. The van der Waals surface area contributed by atoms with Gasteiger partial charge in [-0.05, 0) is 43.5 Å². The van der Waals surface area contributed by atoms with Gasteiger partial charge in [0.2, 0.25) is 0 Å². The van der Waals surface area contributed by atoms with Gasteiger partial charge >= 0.3 is 0 Å². The average Bonchev–Trinajstić information content (AvgIpc) is 3.25. The first kappa shape index (κ1) is 16.7. The van der Waals surface area contributed by atoms with Crippen molar-refractivity contribution in [3.63, 3.8) is 0 Å². The van der Waals surface area contributed by atoms with Crippen LogP contribution >= 0.6 is 22.7 Å². The van der Waals surface area contributed by atoms with Crippen LogP contribution in [0.3, 0.4) is 0 Å². The summed E-state index contributed by atoms with van der Waals surface area (Å²) in [6.07, 6.45) is 1.26. The van der Waals surface area contributed by atoms with Gasteiger partial charge in [0.25, 0.3) is 0 Å². The third-order valence-corrected chi connectivity index (χ3v) is 7.02. The van der Waals surface area contributed by atoms with Crippen LogP contribution in [0.1, 0.15) is 21.1 Å². The molecule has 2 aliphatic rings. The van der Waals surface area contributed by atoms with Crippen LogP contribution in [0, 0.1) is 12.3 Å². The molecule has 2 aromatic heterocycles. The monoisotopic (exact) mass is 362 g/mol. The van der Waals surface area contributed by atoms with E-state index in [0.29, 0.717) is 5.41 Å². The summed E-state index contributed by atoms with van der Waals surface area (Å²) >= 11 is 3.80. The van der Waals surface area contributed by atoms with Gasteiger partial charge in [0.1, 0.15) is 0 Å². The fourth-order valence-corrected chi connectivity index (χ4v) is 5.72. The van der Waals surface area contributed by atoms with Crippen LogP contribution in [0.5, 0.6) is 0 Å².